The Morgan fingerprint density at radius 3 is 2.52 bits per heavy atom. The Morgan fingerprint density at radius 1 is 1.10 bits per heavy atom. The minimum absolute atomic E-state index is 0.0707. The Labute approximate surface area is 236 Å². The molecule has 1 N–H and O–H groups in total. The minimum atomic E-state index is -0.297. The second kappa shape index (κ2) is 14.1. The van der Waals surface area contributed by atoms with Crippen LogP contribution in [0.25, 0.3) is 0 Å². The highest BCUT2D eigenvalue weighted by Gasteiger charge is 2.35. The lowest BCUT2D eigenvalue weighted by molar-refractivity contribution is -0.133. The molecular weight excluding hydrogens is 510 g/mol. The van der Waals surface area contributed by atoms with E-state index in [0.717, 1.165) is 41.9 Å². The van der Waals surface area contributed by atoms with Crippen LogP contribution in [0.15, 0.2) is 47.6 Å². The first-order valence-corrected chi connectivity index (χ1v) is 13.9. The van der Waals surface area contributed by atoms with E-state index in [2.05, 4.69) is 10.2 Å². The maximum Gasteiger partial charge on any atom is 0.317 e. The fourth-order valence-electron chi connectivity index (χ4n) is 4.91. The van der Waals surface area contributed by atoms with Gasteiger partial charge in [-0.15, -0.1) is 0 Å². The largest absolute Gasteiger partial charge is 0.497 e. The predicted molar refractivity (Wildman–Crippen MR) is 154 cm³/mol. The molecule has 3 amide bonds. The van der Waals surface area contributed by atoms with E-state index in [0.29, 0.717) is 50.8 Å². The van der Waals surface area contributed by atoms with Crippen LogP contribution >= 0.6 is 0 Å². The number of aryl methyl sites for hydroxylation is 1. The molecule has 0 bridgehead atoms. The summed E-state index contributed by atoms with van der Waals surface area (Å²) in [6.07, 6.45) is 1.34. The summed E-state index contributed by atoms with van der Waals surface area (Å²) < 4.78 is 16.4. The Balaban J connectivity index is 1.59. The molecule has 0 aliphatic carbocycles. The number of rotatable bonds is 11. The average molecular weight is 552 g/mol. The van der Waals surface area contributed by atoms with Gasteiger partial charge < -0.3 is 24.4 Å². The molecular formula is C30H41N5O5. The highest BCUT2D eigenvalue weighted by Crippen LogP contribution is 2.36. The number of amides is 3. The van der Waals surface area contributed by atoms with Crippen molar-refractivity contribution >= 4 is 17.6 Å². The second-order valence-corrected chi connectivity index (χ2v) is 10.1. The SMILES string of the molecule is CCCNC(=O)N(CCN1CCOCC1)CC(=O)N1N=C(c2ccc(OC)cc2OC)CC1c1ccc(C)cc1. The van der Waals surface area contributed by atoms with Crippen LogP contribution in [-0.2, 0) is 9.53 Å². The number of carbonyl (C=O) groups excluding carboxylic acids is 2. The molecule has 1 unspecified atom stereocenters. The molecule has 216 valence electrons. The van der Waals surface area contributed by atoms with E-state index in [4.69, 9.17) is 19.3 Å². The summed E-state index contributed by atoms with van der Waals surface area (Å²) in [6.45, 7) is 8.63. The number of hydrazone groups is 1. The van der Waals surface area contributed by atoms with Crippen LogP contribution < -0.4 is 14.8 Å². The van der Waals surface area contributed by atoms with Gasteiger partial charge in [0, 0.05) is 50.8 Å². The van der Waals surface area contributed by atoms with Crippen LogP contribution in [0.5, 0.6) is 11.5 Å². The number of hydrogen-bond acceptors (Lipinski definition) is 7. The van der Waals surface area contributed by atoms with Crippen molar-refractivity contribution in [3.63, 3.8) is 0 Å². The molecule has 0 aromatic heterocycles. The van der Waals surface area contributed by atoms with E-state index in [1.54, 1.807) is 24.1 Å². The molecule has 0 radical (unpaired) electrons. The Morgan fingerprint density at radius 2 is 1.85 bits per heavy atom. The fourth-order valence-corrected chi connectivity index (χ4v) is 4.91. The van der Waals surface area contributed by atoms with Gasteiger partial charge in [0.2, 0.25) is 0 Å². The maximum absolute atomic E-state index is 13.9. The van der Waals surface area contributed by atoms with E-state index in [1.807, 2.05) is 56.3 Å². The number of morpholine rings is 1. The minimum Gasteiger partial charge on any atom is -0.497 e. The van der Waals surface area contributed by atoms with Crippen LogP contribution in [0.2, 0.25) is 0 Å². The van der Waals surface area contributed by atoms with Gasteiger partial charge in [-0.05, 0) is 31.0 Å². The summed E-state index contributed by atoms with van der Waals surface area (Å²) in [5.41, 5.74) is 3.68. The molecule has 40 heavy (non-hydrogen) atoms. The van der Waals surface area contributed by atoms with Crippen LogP contribution in [-0.4, -0.2) is 99.2 Å². The van der Waals surface area contributed by atoms with E-state index < -0.39 is 0 Å². The van der Waals surface area contributed by atoms with Gasteiger partial charge in [-0.1, -0.05) is 36.8 Å². The summed E-state index contributed by atoms with van der Waals surface area (Å²) in [7, 11) is 3.21. The van der Waals surface area contributed by atoms with Gasteiger partial charge in [-0.2, -0.15) is 5.10 Å². The third-order valence-electron chi connectivity index (χ3n) is 7.28. The van der Waals surface area contributed by atoms with Crippen molar-refractivity contribution in [2.24, 2.45) is 5.10 Å². The van der Waals surface area contributed by atoms with Crippen molar-refractivity contribution in [3.8, 4) is 11.5 Å². The maximum atomic E-state index is 13.9. The molecule has 10 nitrogen and oxygen atoms in total. The van der Waals surface area contributed by atoms with E-state index in [9.17, 15) is 9.59 Å². The Bertz CT molecular complexity index is 1180. The molecule has 2 aliphatic rings. The predicted octanol–water partition coefficient (Wildman–Crippen LogP) is 3.44. The highest BCUT2D eigenvalue weighted by atomic mass is 16.5. The number of carbonyl (C=O) groups is 2. The van der Waals surface area contributed by atoms with Gasteiger partial charge >= 0.3 is 6.03 Å². The summed E-state index contributed by atoms with van der Waals surface area (Å²) in [5, 5.41) is 9.30. The van der Waals surface area contributed by atoms with Gasteiger partial charge in [0.25, 0.3) is 5.91 Å². The molecule has 1 fully saturated rings. The lowest BCUT2D eigenvalue weighted by Gasteiger charge is -2.31. The van der Waals surface area contributed by atoms with E-state index in [-0.39, 0.29) is 24.5 Å². The van der Waals surface area contributed by atoms with Crippen LogP contribution in [0.4, 0.5) is 4.79 Å². The van der Waals surface area contributed by atoms with E-state index in [1.165, 1.54) is 0 Å². The summed E-state index contributed by atoms with van der Waals surface area (Å²) in [5.74, 6) is 1.07. The molecule has 2 aromatic carbocycles. The van der Waals surface area contributed by atoms with Crippen molar-refractivity contribution in [1.82, 2.24) is 20.1 Å². The van der Waals surface area contributed by atoms with Crippen molar-refractivity contribution in [1.29, 1.82) is 0 Å². The molecule has 2 heterocycles. The monoisotopic (exact) mass is 551 g/mol. The van der Waals surface area contributed by atoms with Crippen LogP contribution in [0, 0.1) is 6.92 Å². The third kappa shape index (κ3) is 7.31. The summed E-state index contributed by atoms with van der Waals surface area (Å²) >= 11 is 0. The highest BCUT2D eigenvalue weighted by molar-refractivity contribution is 6.05. The fraction of sp³-hybridized carbons (Fsp3) is 0.500. The molecule has 1 saturated heterocycles. The molecule has 0 saturated carbocycles. The molecule has 2 aromatic rings. The van der Waals surface area contributed by atoms with Gasteiger partial charge in [-0.25, -0.2) is 9.80 Å². The van der Waals surface area contributed by atoms with Gasteiger partial charge in [0.15, 0.2) is 0 Å². The van der Waals surface area contributed by atoms with Crippen molar-refractivity contribution in [2.45, 2.75) is 32.7 Å². The second-order valence-electron chi connectivity index (χ2n) is 10.1. The molecule has 1 atom stereocenters. The number of hydrogen-bond donors (Lipinski definition) is 1. The number of benzene rings is 2. The Hall–Kier alpha value is -3.63. The molecule has 10 heteroatoms. The first-order valence-electron chi connectivity index (χ1n) is 13.9. The van der Waals surface area contributed by atoms with Crippen LogP contribution in [0.1, 0.15) is 42.5 Å². The lowest BCUT2D eigenvalue weighted by atomic mass is 9.97. The quantitative estimate of drug-likeness (QED) is 0.460. The number of nitrogens with zero attached hydrogens (tertiary/aromatic N) is 4. The van der Waals surface area contributed by atoms with Crippen molar-refractivity contribution < 1.29 is 23.8 Å². The molecule has 4 rings (SSSR count). The van der Waals surface area contributed by atoms with Crippen LogP contribution in [0.3, 0.4) is 0 Å². The zero-order valence-corrected chi connectivity index (χ0v) is 24.0. The number of nitrogens with one attached hydrogen (secondary N) is 1. The van der Waals surface area contributed by atoms with Gasteiger partial charge in [0.1, 0.15) is 18.0 Å². The number of ether oxygens (including phenoxy) is 3. The van der Waals surface area contributed by atoms with E-state index >= 15 is 0 Å². The van der Waals surface area contributed by atoms with Crippen molar-refractivity contribution in [3.05, 3.63) is 59.2 Å². The topological polar surface area (TPSA) is 95.9 Å². The van der Waals surface area contributed by atoms with Crippen molar-refractivity contribution in [2.75, 3.05) is 66.7 Å². The molecule has 0 spiro atoms. The standard InChI is InChI=1S/C30H41N5O5/c1-5-12-31-30(37)34(14-13-33-15-17-40-18-16-33)21-29(36)35-27(23-8-6-22(2)7-9-23)20-26(32-35)25-11-10-24(38-3)19-28(25)39-4/h6-11,19,27H,5,12-18,20-21H2,1-4H3,(H,31,37). The normalized spacial score (nSPS) is 17.4. The average Bonchev–Trinajstić information content (AvgIpc) is 3.44. The van der Waals surface area contributed by atoms with Gasteiger partial charge in [-0.3, -0.25) is 9.69 Å². The molecule has 2 aliphatic heterocycles. The zero-order valence-electron chi connectivity index (χ0n) is 24.0. The first kappa shape index (κ1) is 29.4. The number of urea groups is 1. The Kier molecular flexibility index (Phi) is 10.4. The zero-order chi connectivity index (χ0) is 28.5. The smallest absolute Gasteiger partial charge is 0.317 e. The summed E-state index contributed by atoms with van der Waals surface area (Å²) in [4.78, 5) is 30.8. The lowest BCUT2D eigenvalue weighted by Crippen LogP contribution is -2.49. The first-order chi connectivity index (χ1) is 19.4. The summed E-state index contributed by atoms with van der Waals surface area (Å²) in [6, 6.07) is 13.2. The number of methoxy groups -OCH3 is 2. The third-order valence-corrected chi connectivity index (χ3v) is 7.28. The van der Waals surface area contributed by atoms with Gasteiger partial charge in [0.05, 0.1) is 39.2 Å².